The fourth-order valence-electron chi connectivity index (χ4n) is 2.87. The Bertz CT molecular complexity index is 463. The predicted molar refractivity (Wildman–Crippen MR) is 81.9 cm³/mol. The van der Waals surface area contributed by atoms with Crippen LogP contribution in [0.3, 0.4) is 0 Å². The minimum absolute atomic E-state index is 0.0306. The van der Waals surface area contributed by atoms with Crippen LogP contribution in [0.4, 0.5) is 0 Å². The van der Waals surface area contributed by atoms with E-state index in [1.165, 1.54) is 11.3 Å². The van der Waals surface area contributed by atoms with Crippen LogP contribution in [0, 0.1) is 13.8 Å². The third-order valence-electron chi connectivity index (χ3n) is 4.15. The van der Waals surface area contributed by atoms with Gasteiger partial charge in [-0.3, -0.25) is 4.68 Å². The zero-order valence-electron chi connectivity index (χ0n) is 13.8. The highest BCUT2D eigenvalue weighted by Gasteiger charge is 2.32. The van der Waals surface area contributed by atoms with Crippen molar-refractivity contribution in [3.8, 4) is 0 Å². The summed E-state index contributed by atoms with van der Waals surface area (Å²) >= 11 is 0. The van der Waals surface area contributed by atoms with Crippen LogP contribution in [-0.2, 0) is 17.8 Å². The van der Waals surface area contributed by atoms with Gasteiger partial charge in [-0.05, 0) is 40.5 Å². The van der Waals surface area contributed by atoms with Gasteiger partial charge in [-0.1, -0.05) is 13.8 Å². The predicted octanol–water partition coefficient (Wildman–Crippen LogP) is 2.96. The van der Waals surface area contributed by atoms with Gasteiger partial charge in [0.15, 0.2) is 0 Å². The van der Waals surface area contributed by atoms with Gasteiger partial charge in [0.1, 0.15) is 0 Å². The van der Waals surface area contributed by atoms with Crippen molar-refractivity contribution in [3.63, 3.8) is 0 Å². The first kappa shape index (κ1) is 15.5. The van der Waals surface area contributed by atoms with Crippen molar-refractivity contribution >= 4 is 0 Å². The van der Waals surface area contributed by atoms with Gasteiger partial charge in [-0.15, -0.1) is 0 Å². The highest BCUT2D eigenvalue weighted by atomic mass is 16.5. The standard InChI is InChI=1S/C16H29N3O/c1-11(2)17-9-15-12(3)18-19(13(15)4)10-14-7-8-16(5,6)20-14/h11,14,17H,7-10H2,1-6H3. The normalized spacial score (nSPS) is 21.9. The van der Waals surface area contributed by atoms with Crippen molar-refractivity contribution < 1.29 is 4.74 Å². The first-order valence-electron chi connectivity index (χ1n) is 7.72. The molecule has 0 spiro atoms. The summed E-state index contributed by atoms with van der Waals surface area (Å²) in [7, 11) is 0. The number of nitrogens with zero attached hydrogens (tertiary/aromatic N) is 2. The number of aryl methyl sites for hydroxylation is 1. The van der Waals surface area contributed by atoms with Crippen LogP contribution in [0.15, 0.2) is 0 Å². The topological polar surface area (TPSA) is 39.1 Å². The van der Waals surface area contributed by atoms with Gasteiger partial charge in [0.05, 0.1) is 23.9 Å². The largest absolute Gasteiger partial charge is 0.370 e. The second kappa shape index (κ2) is 5.86. The fraction of sp³-hybridized carbons (Fsp3) is 0.812. The number of aromatic nitrogens is 2. The van der Waals surface area contributed by atoms with Crippen LogP contribution in [0.2, 0.25) is 0 Å². The Morgan fingerprint density at radius 2 is 2.10 bits per heavy atom. The Kier molecular flexibility index (Phi) is 4.55. The lowest BCUT2D eigenvalue weighted by Crippen LogP contribution is -2.24. The van der Waals surface area contributed by atoms with E-state index in [9.17, 15) is 0 Å². The molecule has 2 heterocycles. The molecule has 1 aromatic rings. The monoisotopic (exact) mass is 279 g/mol. The molecule has 4 nitrogen and oxygen atoms in total. The van der Waals surface area contributed by atoms with Gasteiger partial charge in [0.25, 0.3) is 0 Å². The second-order valence-electron chi connectivity index (χ2n) is 6.91. The van der Waals surface area contributed by atoms with Gasteiger partial charge in [0.2, 0.25) is 0 Å². The first-order chi connectivity index (χ1) is 9.28. The third-order valence-corrected chi connectivity index (χ3v) is 4.15. The molecule has 1 aromatic heterocycles. The van der Waals surface area contributed by atoms with Crippen LogP contribution in [0.1, 0.15) is 57.5 Å². The summed E-state index contributed by atoms with van der Waals surface area (Å²) in [6.45, 7) is 14.7. The molecule has 114 valence electrons. The van der Waals surface area contributed by atoms with Crippen LogP contribution in [-0.4, -0.2) is 27.5 Å². The van der Waals surface area contributed by atoms with E-state index >= 15 is 0 Å². The van der Waals surface area contributed by atoms with Gasteiger partial charge >= 0.3 is 0 Å². The van der Waals surface area contributed by atoms with Crippen molar-refractivity contribution in [2.75, 3.05) is 0 Å². The summed E-state index contributed by atoms with van der Waals surface area (Å²) in [5.41, 5.74) is 3.76. The molecule has 0 aromatic carbocycles. The quantitative estimate of drug-likeness (QED) is 0.900. The molecule has 2 rings (SSSR count). The Labute approximate surface area is 122 Å². The van der Waals surface area contributed by atoms with E-state index < -0.39 is 0 Å². The average molecular weight is 279 g/mol. The molecule has 1 atom stereocenters. The summed E-state index contributed by atoms with van der Waals surface area (Å²) in [4.78, 5) is 0. The molecule has 1 aliphatic heterocycles. The minimum Gasteiger partial charge on any atom is -0.370 e. The Balaban J connectivity index is 2.04. The summed E-state index contributed by atoms with van der Waals surface area (Å²) < 4.78 is 8.20. The molecule has 1 N–H and O–H groups in total. The summed E-state index contributed by atoms with van der Waals surface area (Å²) in [5, 5.41) is 8.17. The number of hydrogen-bond acceptors (Lipinski definition) is 3. The molecule has 0 aliphatic carbocycles. The van der Waals surface area contributed by atoms with E-state index in [0.717, 1.165) is 31.6 Å². The summed E-state index contributed by atoms with van der Waals surface area (Å²) in [5.74, 6) is 0. The van der Waals surface area contributed by atoms with E-state index in [0.29, 0.717) is 12.1 Å². The fourth-order valence-corrected chi connectivity index (χ4v) is 2.87. The lowest BCUT2D eigenvalue weighted by molar-refractivity contribution is -0.0232. The molecule has 1 unspecified atom stereocenters. The molecular formula is C16H29N3O. The highest BCUT2D eigenvalue weighted by Crippen LogP contribution is 2.30. The molecule has 0 bridgehead atoms. The number of hydrogen-bond donors (Lipinski definition) is 1. The Morgan fingerprint density at radius 3 is 2.65 bits per heavy atom. The van der Waals surface area contributed by atoms with Crippen molar-refractivity contribution in [3.05, 3.63) is 17.0 Å². The van der Waals surface area contributed by atoms with Crippen LogP contribution >= 0.6 is 0 Å². The van der Waals surface area contributed by atoms with E-state index in [1.807, 2.05) is 0 Å². The number of nitrogens with one attached hydrogen (secondary N) is 1. The molecule has 20 heavy (non-hydrogen) atoms. The molecule has 0 amide bonds. The van der Waals surface area contributed by atoms with Gasteiger partial charge in [-0.2, -0.15) is 5.10 Å². The molecular weight excluding hydrogens is 250 g/mol. The van der Waals surface area contributed by atoms with E-state index in [2.05, 4.69) is 51.5 Å². The number of ether oxygens (including phenoxy) is 1. The van der Waals surface area contributed by atoms with Crippen LogP contribution < -0.4 is 5.32 Å². The molecule has 1 aliphatic rings. The van der Waals surface area contributed by atoms with Crippen molar-refractivity contribution in [2.45, 2.75) is 85.2 Å². The maximum absolute atomic E-state index is 6.08. The highest BCUT2D eigenvalue weighted by molar-refractivity contribution is 5.24. The van der Waals surface area contributed by atoms with Gasteiger partial charge in [0, 0.05) is 23.8 Å². The smallest absolute Gasteiger partial charge is 0.0779 e. The van der Waals surface area contributed by atoms with Crippen LogP contribution in [0.25, 0.3) is 0 Å². The lowest BCUT2D eigenvalue weighted by atomic mass is 10.1. The molecule has 1 saturated heterocycles. The zero-order valence-corrected chi connectivity index (χ0v) is 13.8. The van der Waals surface area contributed by atoms with Gasteiger partial charge < -0.3 is 10.1 Å². The summed E-state index contributed by atoms with van der Waals surface area (Å²) in [6.07, 6.45) is 2.57. The van der Waals surface area contributed by atoms with Crippen molar-refractivity contribution in [2.24, 2.45) is 0 Å². The first-order valence-corrected chi connectivity index (χ1v) is 7.72. The Hall–Kier alpha value is -0.870. The summed E-state index contributed by atoms with van der Waals surface area (Å²) in [6, 6.07) is 0.496. The Morgan fingerprint density at radius 1 is 1.40 bits per heavy atom. The molecule has 0 radical (unpaired) electrons. The minimum atomic E-state index is 0.0306. The third kappa shape index (κ3) is 3.61. The van der Waals surface area contributed by atoms with E-state index in [1.54, 1.807) is 0 Å². The zero-order chi connectivity index (χ0) is 14.9. The number of rotatable bonds is 5. The van der Waals surface area contributed by atoms with E-state index in [-0.39, 0.29) is 5.60 Å². The van der Waals surface area contributed by atoms with Gasteiger partial charge in [-0.25, -0.2) is 0 Å². The average Bonchev–Trinajstić information content (AvgIpc) is 2.79. The molecule has 4 heteroatoms. The molecule has 0 saturated carbocycles. The van der Waals surface area contributed by atoms with E-state index in [4.69, 9.17) is 9.84 Å². The molecule has 1 fully saturated rings. The van der Waals surface area contributed by atoms with Crippen molar-refractivity contribution in [1.82, 2.24) is 15.1 Å². The maximum Gasteiger partial charge on any atom is 0.0779 e. The lowest BCUT2D eigenvalue weighted by Gasteiger charge is -2.19. The SMILES string of the molecule is Cc1nn(CC2CCC(C)(C)O2)c(C)c1CNC(C)C. The second-order valence-corrected chi connectivity index (χ2v) is 6.91. The van der Waals surface area contributed by atoms with Crippen molar-refractivity contribution in [1.29, 1.82) is 0 Å². The maximum atomic E-state index is 6.08. The van der Waals surface area contributed by atoms with Crippen LogP contribution in [0.5, 0.6) is 0 Å².